The summed E-state index contributed by atoms with van der Waals surface area (Å²) in [5, 5.41) is 4.17. The van der Waals surface area contributed by atoms with E-state index in [0.29, 0.717) is 18.4 Å². The minimum absolute atomic E-state index is 0.410. The Balaban J connectivity index is 1.96. The number of hydrogen-bond donors (Lipinski definition) is 1. The second-order valence-electron chi connectivity index (χ2n) is 5.73. The molecule has 1 aromatic rings. The molecular weight excluding hydrogens is 226 g/mol. The second kappa shape index (κ2) is 6.32. The van der Waals surface area contributed by atoms with Gasteiger partial charge in [-0.3, -0.25) is 0 Å². The predicted octanol–water partition coefficient (Wildman–Crippen LogP) is 2.89. The van der Waals surface area contributed by atoms with E-state index in [1.54, 1.807) is 0 Å². The van der Waals surface area contributed by atoms with Gasteiger partial charge < -0.3 is 10.3 Å². The van der Waals surface area contributed by atoms with Crippen molar-refractivity contribution in [1.82, 2.24) is 10.1 Å². The fourth-order valence-electron chi connectivity index (χ4n) is 2.79. The maximum absolute atomic E-state index is 5.62. The van der Waals surface area contributed by atoms with Crippen LogP contribution in [0.3, 0.4) is 0 Å². The molecule has 1 heterocycles. The van der Waals surface area contributed by atoms with Crippen molar-refractivity contribution in [3.8, 4) is 0 Å². The number of rotatable bonds is 5. The molecule has 0 aromatic carbocycles. The maximum Gasteiger partial charge on any atom is 0.226 e. The minimum atomic E-state index is 0.410. The third kappa shape index (κ3) is 3.31. The average molecular weight is 251 g/mol. The van der Waals surface area contributed by atoms with E-state index in [0.717, 1.165) is 24.1 Å². The van der Waals surface area contributed by atoms with E-state index >= 15 is 0 Å². The van der Waals surface area contributed by atoms with Crippen LogP contribution in [0.1, 0.15) is 63.6 Å². The molecule has 2 rings (SSSR count). The summed E-state index contributed by atoms with van der Waals surface area (Å²) in [6, 6.07) is 0. The van der Waals surface area contributed by atoms with Gasteiger partial charge in [0.2, 0.25) is 5.89 Å². The van der Waals surface area contributed by atoms with Crippen LogP contribution in [0.2, 0.25) is 0 Å². The lowest BCUT2D eigenvalue weighted by Gasteiger charge is -2.26. The first-order chi connectivity index (χ1) is 8.72. The Kier molecular flexibility index (Phi) is 4.75. The number of nitrogens with zero attached hydrogens (tertiary/aromatic N) is 2. The summed E-state index contributed by atoms with van der Waals surface area (Å²) in [5.41, 5.74) is 5.62. The second-order valence-corrected chi connectivity index (χ2v) is 5.73. The van der Waals surface area contributed by atoms with Gasteiger partial charge in [0.1, 0.15) is 0 Å². The van der Waals surface area contributed by atoms with E-state index in [9.17, 15) is 0 Å². The lowest BCUT2D eigenvalue weighted by Crippen LogP contribution is -2.15. The van der Waals surface area contributed by atoms with Gasteiger partial charge in [-0.05, 0) is 31.2 Å². The van der Waals surface area contributed by atoms with Crippen LogP contribution in [0.25, 0.3) is 0 Å². The Labute approximate surface area is 109 Å². The van der Waals surface area contributed by atoms with Crippen LogP contribution in [0.4, 0.5) is 0 Å². The highest BCUT2D eigenvalue weighted by Crippen LogP contribution is 2.36. The van der Waals surface area contributed by atoms with E-state index < -0.39 is 0 Å². The molecule has 0 amide bonds. The Bertz CT molecular complexity index is 364. The van der Waals surface area contributed by atoms with Gasteiger partial charge in [0.15, 0.2) is 5.82 Å². The van der Waals surface area contributed by atoms with Crippen LogP contribution in [0.15, 0.2) is 4.52 Å². The van der Waals surface area contributed by atoms with Gasteiger partial charge >= 0.3 is 0 Å². The lowest BCUT2D eigenvalue weighted by molar-refractivity contribution is 0.297. The maximum atomic E-state index is 5.62. The summed E-state index contributed by atoms with van der Waals surface area (Å²) in [4.78, 5) is 4.56. The molecule has 2 N–H and O–H groups in total. The monoisotopic (exact) mass is 251 g/mol. The van der Waals surface area contributed by atoms with Crippen molar-refractivity contribution >= 4 is 0 Å². The fourth-order valence-corrected chi connectivity index (χ4v) is 2.79. The fraction of sp³-hybridized carbons (Fsp3) is 0.857. The Morgan fingerprint density at radius 1 is 1.44 bits per heavy atom. The molecule has 0 bridgehead atoms. The van der Waals surface area contributed by atoms with Crippen LogP contribution < -0.4 is 5.73 Å². The van der Waals surface area contributed by atoms with E-state index in [-0.39, 0.29) is 0 Å². The quantitative estimate of drug-likeness (QED) is 0.874. The summed E-state index contributed by atoms with van der Waals surface area (Å²) >= 11 is 0. The summed E-state index contributed by atoms with van der Waals surface area (Å²) in [5.74, 6) is 3.44. The van der Waals surface area contributed by atoms with Gasteiger partial charge in [0, 0.05) is 12.3 Å². The minimum Gasteiger partial charge on any atom is -0.339 e. The number of aromatic nitrogens is 2. The van der Waals surface area contributed by atoms with Crippen LogP contribution in [0.5, 0.6) is 0 Å². The van der Waals surface area contributed by atoms with Crippen molar-refractivity contribution in [2.24, 2.45) is 17.6 Å². The van der Waals surface area contributed by atoms with Gasteiger partial charge in [-0.15, -0.1) is 0 Å². The summed E-state index contributed by atoms with van der Waals surface area (Å²) in [7, 11) is 0. The molecule has 3 atom stereocenters. The van der Waals surface area contributed by atoms with Gasteiger partial charge in [0.25, 0.3) is 0 Å². The summed E-state index contributed by atoms with van der Waals surface area (Å²) < 4.78 is 5.34. The molecule has 0 aliphatic heterocycles. The summed E-state index contributed by atoms with van der Waals surface area (Å²) in [6.45, 7) is 5.05. The highest BCUT2D eigenvalue weighted by Gasteiger charge is 2.26. The normalized spacial score (nSPS) is 26.2. The molecule has 0 spiro atoms. The zero-order valence-corrected chi connectivity index (χ0v) is 11.6. The van der Waals surface area contributed by atoms with Crippen LogP contribution >= 0.6 is 0 Å². The molecule has 1 aliphatic rings. The van der Waals surface area contributed by atoms with Crippen molar-refractivity contribution in [2.75, 3.05) is 6.54 Å². The van der Waals surface area contributed by atoms with Crippen molar-refractivity contribution in [2.45, 2.75) is 58.3 Å². The van der Waals surface area contributed by atoms with Crippen molar-refractivity contribution in [1.29, 1.82) is 0 Å². The zero-order chi connectivity index (χ0) is 13.0. The number of nitrogens with two attached hydrogens (primary N) is 1. The first-order valence-electron chi connectivity index (χ1n) is 7.25. The largest absolute Gasteiger partial charge is 0.339 e. The van der Waals surface area contributed by atoms with Crippen molar-refractivity contribution in [3.05, 3.63) is 11.7 Å². The third-order valence-electron chi connectivity index (χ3n) is 4.13. The SMILES string of the molecule is CCC1CCCC(c2noc(CC(C)CN)n2)C1. The molecule has 0 saturated heterocycles. The average Bonchev–Trinajstić information content (AvgIpc) is 2.87. The Hall–Kier alpha value is -0.900. The molecule has 1 aromatic heterocycles. The first-order valence-corrected chi connectivity index (χ1v) is 7.25. The first kappa shape index (κ1) is 13.5. The molecular formula is C14H25N3O. The van der Waals surface area contributed by atoms with E-state index in [1.807, 2.05) is 0 Å². The predicted molar refractivity (Wildman–Crippen MR) is 71.2 cm³/mol. The summed E-state index contributed by atoms with van der Waals surface area (Å²) in [6.07, 6.45) is 7.16. The molecule has 4 heteroatoms. The molecule has 1 saturated carbocycles. The molecule has 4 nitrogen and oxygen atoms in total. The molecule has 18 heavy (non-hydrogen) atoms. The van der Waals surface area contributed by atoms with E-state index in [4.69, 9.17) is 10.3 Å². The van der Waals surface area contributed by atoms with Crippen molar-refractivity contribution in [3.63, 3.8) is 0 Å². The molecule has 3 unspecified atom stereocenters. The van der Waals surface area contributed by atoms with Gasteiger partial charge in [0.05, 0.1) is 0 Å². The van der Waals surface area contributed by atoms with Crippen LogP contribution in [-0.2, 0) is 6.42 Å². The van der Waals surface area contributed by atoms with E-state index in [1.165, 1.54) is 32.1 Å². The number of hydrogen-bond acceptors (Lipinski definition) is 4. The highest BCUT2D eigenvalue weighted by atomic mass is 16.5. The lowest BCUT2D eigenvalue weighted by atomic mass is 9.80. The molecule has 102 valence electrons. The zero-order valence-electron chi connectivity index (χ0n) is 11.6. The molecule has 0 radical (unpaired) electrons. The molecule has 1 aliphatic carbocycles. The van der Waals surface area contributed by atoms with Gasteiger partial charge in [-0.1, -0.05) is 38.3 Å². The highest BCUT2D eigenvalue weighted by molar-refractivity contribution is 4.98. The van der Waals surface area contributed by atoms with Crippen LogP contribution in [0, 0.1) is 11.8 Å². The smallest absolute Gasteiger partial charge is 0.226 e. The van der Waals surface area contributed by atoms with Crippen molar-refractivity contribution < 1.29 is 4.52 Å². The van der Waals surface area contributed by atoms with E-state index in [2.05, 4.69) is 24.0 Å². The Morgan fingerprint density at radius 2 is 2.28 bits per heavy atom. The molecule has 1 fully saturated rings. The van der Waals surface area contributed by atoms with Gasteiger partial charge in [-0.2, -0.15) is 4.98 Å². The van der Waals surface area contributed by atoms with Crippen LogP contribution in [-0.4, -0.2) is 16.7 Å². The standard InChI is InChI=1S/C14H25N3O/c1-3-11-5-4-6-12(8-11)14-16-13(18-17-14)7-10(2)9-15/h10-12H,3-9,15H2,1-2H3. The topological polar surface area (TPSA) is 64.9 Å². The van der Waals surface area contributed by atoms with Gasteiger partial charge in [-0.25, -0.2) is 0 Å². The Morgan fingerprint density at radius 3 is 3.00 bits per heavy atom. The third-order valence-corrected chi connectivity index (χ3v) is 4.13.